The molecule has 2 amide bonds. The van der Waals surface area contributed by atoms with E-state index in [1.54, 1.807) is 18.2 Å². The van der Waals surface area contributed by atoms with Crippen LogP contribution in [-0.4, -0.2) is 49.3 Å². The summed E-state index contributed by atoms with van der Waals surface area (Å²) in [7, 11) is 0. The molecule has 1 aliphatic rings. The second-order valence-corrected chi connectivity index (χ2v) is 8.67. The summed E-state index contributed by atoms with van der Waals surface area (Å²) in [5.74, 6) is -0.414. The average Bonchev–Trinajstić information content (AvgIpc) is 2.81. The smallest absolute Gasteiger partial charge is 0.336 e. The van der Waals surface area contributed by atoms with E-state index in [9.17, 15) is 14.4 Å². The molecule has 1 fully saturated rings. The first-order valence-electron chi connectivity index (χ1n) is 8.34. The molecular formula is C17H23FN4O2S2. The van der Waals surface area contributed by atoms with Gasteiger partial charge in [0, 0.05) is 12.1 Å². The molecule has 0 aliphatic carbocycles. The third-order valence-corrected chi connectivity index (χ3v) is 5.40. The van der Waals surface area contributed by atoms with Crippen LogP contribution in [0, 0.1) is 5.82 Å². The molecule has 26 heavy (non-hydrogen) atoms. The highest BCUT2D eigenvalue weighted by Gasteiger charge is 2.49. The normalized spacial score (nSPS) is 19.2. The van der Waals surface area contributed by atoms with Crippen LogP contribution >= 0.6 is 24.0 Å². The number of thioether (sulfide) groups is 1. The van der Waals surface area contributed by atoms with Gasteiger partial charge in [-0.1, -0.05) is 55.5 Å². The fourth-order valence-corrected chi connectivity index (χ4v) is 4.28. The molecule has 9 heteroatoms. The van der Waals surface area contributed by atoms with Gasteiger partial charge in [-0.15, -0.1) is 0 Å². The van der Waals surface area contributed by atoms with Crippen LogP contribution in [0.4, 0.5) is 9.18 Å². The Labute approximate surface area is 162 Å². The van der Waals surface area contributed by atoms with Crippen LogP contribution < -0.4 is 5.32 Å². The molecule has 2 N–H and O–H groups in total. The van der Waals surface area contributed by atoms with Crippen LogP contribution in [0.3, 0.4) is 0 Å². The van der Waals surface area contributed by atoms with E-state index in [0.717, 1.165) is 12.8 Å². The molecule has 1 heterocycles. The second-order valence-electron chi connectivity index (χ2n) is 6.39. The molecular weight excluding hydrogens is 375 g/mol. The first-order valence-corrected chi connectivity index (χ1v) is 9.57. The number of hydroxylamine groups is 2. The maximum absolute atomic E-state index is 13.8. The van der Waals surface area contributed by atoms with E-state index in [1.165, 1.54) is 29.1 Å². The molecule has 6 nitrogen and oxygen atoms in total. The first kappa shape index (κ1) is 20.6. The molecule has 1 aromatic carbocycles. The third-order valence-electron chi connectivity index (χ3n) is 3.86. The molecule has 0 saturated carbocycles. The highest BCUT2D eigenvalue weighted by atomic mass is 32.2. The van der Waals surface area contributed by atoms with Gasteiger partial charge >= 0.3 is 6.03 Å². The number of hydrogen-bond acceptors (Lipinski definition) is 5. The number of halogens is 1. The highest BCUT2D eigenvalue weighted by Crippen LogP contribution is 2.42. The van der Waals surface area contributed by atoms with Gasteiger partial charge in [0.05, 0.1) is 11.0 Å². The minimum absolute atomic E-state index is 0.292. The maximum atomic E-state index is 13.8. The Morgan fingerprint density at radius 1 is 1.54 bits per heavy atom. The number of unbranched alkanes of at least 4 members (excludes halogenated alkanes) is 1. The summed E-state index contributed by atoms with van der Waals surface area (Å²) in [6.45, 7) is 6.19. The van der Waals surface area contributed by atoms with Crippen molar-refractivity contribution in [1.82, 2.24) is 15.4 Å². The zero-order chi connectivity index (χ0) is 19.3. The molecule has 0 spiro atoms. The van der Waals surface area contributed by atoms with Crippen molar-refractivity contribution in [3.63, 3.8) is 0 Å². The molecule has 142 valence electrons. The van der Waals surface area contributed by atoms with Crippen LogP contribution in [0.25, 0.3) is 0 Å². The number of benzene rings is 1. The third kappa shape index (κ3) is 4.72. The van der Waals surface area contributed by atoms with Crippen molar-refractivity contribution >= 4 is 40.5 Å². The largest absolute Gasteiger partial charge is 0.343 e. The number of rotatable bonds is 6. The number of amides is 2. The van der Waals surface area contributed by atoms with Crippen LogP contribution in [0.5, 0.6) is 0 Å². The van der Waals surface area contributed by atoms with Crippen molar-refractivity contribution < 1.29 is 14.4 Å². The van der Waals surface area contributed by atoms with Gasteiger partial charge in [-0.05, 0) is 26.3 Å². The van der Waals surface area contributed by atoms with Gasteiger partial charge in [-0.25, -0.2) is 14.2 Å². The minimum Gasteiger partial charge on any atom is -0.336 e. The number of hydrogen-bond donors (Lipinski definition) is 2. The molecule has 1 unspecified atom stereocenters. The van der Waals surface area contributed by atoms with Gasteiger partial charge in [0.15, 0.2) is 10.5 Å². The summed E-state index contributed by atoms with van der Waals surface area (Å²) in [6.07, 6.45) is 2.26. The van der Waals surface area contributed by atoms with Crippen molar-refractivity contribution in [2.75, 3.05) is 6.54 Å². The van der Waals surface area contributed by atoms with E-state index in [1.807, 2.05) is 20.8 Å². The summed E-state index contributed by atoms with van der Waals surface area (Å²) in [6, 6.07) is 5.58. The SMILES string of the molecule is CCCCNC(=O)N(O)C1N(/N=C/c2ccccc2F)C(=S)SC1(C)C. The second kappa shape index (κ2) is 8.79. The van der Waals surface area contributed by atoms with Gasteiger partial charge < -0.3 is 5.32 Å². The van der Waals surface area contributed by atoms with Gasteiger partial charge in [-0.3, -0.25) is 5.21 Å². The Balaban J connectivity index is 2.21. The van der Waals surface area contributed by atoms with E-state index in [4.69, 9.17) is 12.2 Å². The fraction of sp³-hybridized carbons (Fsp3) is 0.471. The number of nitrogens with zero attached hydrogens (tertiary/aromatic N) is 3. The van der Waals surface area contributed by atoms with E-state index in [2.05, 4.69) is 10.4 Å². The van der Waals surface area contributed by atoms with E-state index in [0.29, 0.717) is 21.5 Å². The number of hydrazone groups is 1. The molecule has 0 radical (unpaired) electrons. The average molecular weight is 399 g/mol. The molecule has 1 aromatic rings. The molecule has 0 bridgehead atoms. The van der Waals surface area contributed by atoms with Crippen molar-refractivity contribution in [3.05, 3.63) is 35.6 Å². The monoisotopic (exact) mass is 398 g/mol. The zero-order valence-corrected chi connectivity index (χ0v) is 16.6. The lowest BCUT2D eigenvalue weighted by Crippen LogP contribution is -2.55. The van der Waals surface area contributed by atoms with E-state index in [-0.39, 0.29) is 0 Å². The lowest BCUT2D eigenvalue weighted by Gasteiger charge is -2.34. The van der Waals surface area contributed by atoms with E-state index < -0.39 is 22.8 Å². The summed E-state index contributed by atoms with van der Waals surface area (Å²) in [5.41, 5.74) is 0.292. The number of carbonyl (C=O) groups is 1. The van der Waals surface area contributed by atoms with Gasteiger partial charge in [0.25, 0.3) is 0 Å². The first-order chi connectivity index (χ1) is 12.3. The van der Waals surface area contributed by atoms with Crippen molar-refractivity contribution in [3.8, 4) is 0 Å². The Morgan fingerprint density at radius 2 is 2.23 bits per heavy atom. The van der Waals surface area contributed by atoms with Crippen LogP contribution in [-0.2, 0) is 0 Å². The van der Waals surface area contributed by atoms with Crippen LogP contribution in [0.15, 0.2) is 29.4 Å². The maximum Gasteiger partial charge on any atom is 0.343 e. The predicted molar refractivity (Wildman–Crippen MR) is 106 cm³/mol. The van der Waals surface area contributed by atoms with Crippen molar-refractivity contribution in [1.29, 1.82) is 0 Å². The quantitative estimate of drug-likeness (QED) is 0.251. The number of nitrogens with one attached hydrogen (secondary N) is 1. The van der Waals surface area contributed by atoms with Crippen LogP contribution in [0.1, 0.15) is 39.2 Å². The summed E-state index contributed by atoms with van der Waals surface area (Å²) in [4.78, 5) is 12.2. The Bertz CT molecular complexity index is 699. The van der Waals surface area contributed by atoms with Crippen molar-refractivity contribution in [2.45, 2.75) is 44.5 Å². The Kier molecular flexibility index (Phi) is 6.96. The molecule has 2 rings (SSSR count). The highest BCUT2D eigenvalue weighted by molar-refractivity contribution is 8.24. The lowest BCUT2D eigenvalue weighted by molar-refractivity contribution is -0.118. The van der Waals surface area contributed by atoms with Crippen LogP contribution in [0.2, 0.25) is 0 Å². The summed E-state index contributed by atoms with van der Waals surface area (Å²) < 4.78 is 13.6. The summed E-state index contributed by atoms with van der Waals surface area (Å²) >= 11 is 6.66. The number of thiocarbonyl (C=S) groups is 1. The van der Waals surface area contributed by atoms with Crippen molar-refractivity contribution in [2.24, 2.45) is 5.10 Å². The van der Waals surface area contributed by atoms with Gasteiger partial charge in [-0.2, -0.15) is 10.2 Å². The Hall–Kier alpha value is -1.71. The number of urea groups is 1. The van der Waals surface area contributed by atoms with Gasteiger partial charge in [0.2, 0.25) is 0 Å². The predicted octanol–water partition coefficient (Wildman–Crippen LogP) is 3.80. The minimum atomic E-state index is -0.815. The Morgan fingerprint density at radius 3 is 2.88 bits per heavy atom. The van der Waals surface area contributed by atoms with Gasteiger partial charge in [0.1, 0.15) is 5.82 Å². The lowest BCUT2D eigenvalue weighted by atomic mass is 10.1. The standard InChI is InChI=1S/C17H23FN4O2S2/c1-4-5-10-19-15(23)22(24)14-17(2,3)26-16(25)21(14)20-11-12-8-6-7-9-13(12)18/h6-9,11,14,24H,4-5,10H2,1-3H3,(H,19,23)/b20-11+. The fourth-order valence-electron chi connectivity index (χ4n) is 2.50. The molecule has 0 aromatic heterocycles. The zero-order valence-electron chi connectivity index (χ0n) is 15.0. The molecule has 1 saturated heterocycles. The topological polar surface area (TPSA) is 68.2 Å². The van der Waals surface area contributed by atoms with E-state index >= 15 is 0 Å². The molecule has 1 atom stereocenters. The summed E-state index contributed by atoms with van der Waals surface area (Å²) in [5, 5.41) is 19.3. The number of carbonyl (C=O) groups excluding carboxylic acids is 1. The molecule has 1 aliphatic heterocycles.